The van der Waals surface area contributed by atoms with Gasteiger partial charge in [0.15, 0.2) is 0 Å². The second kappa shape index (κ2) is 6.19. The van der Waals surface area contributed by atoms with Gasteiger partial charge in [0.2, 0.25) is 0 Å². The molecule has 1 nitrogen and oxygen atoms in total. The number of aryl methyl sites for hydroxylation is 1. The smallest absolute Gasteiger partial charge is 0.0886 e. The first kappa shape index (κ1) is 11.8. The molecule has 1 heteroatoms. The summed E-state index contributed by atoms with van der Waals surface area (Å²) in [5.74, 6) is 0. The van der Waals surface area contributed by atoms with E-state index >= 15 is 0 Å². The Morgan fingerprint density at radius 2 is 1.82 bits per heavy atom. The fraction of sp³-hybridized carbons (Fsp3) is 0.312. The van der Waals surface area contributed by atoms with Gasteiger partial charge in [-0.25, -0.2) is 0 Å². The van der Waals surface area contributed by atoms with Crippen LogP contribution in [0, 0.1) is 6.20 Å². The van der Waals surface area contributed by atoms with Crippen molar-refractivity contribution in [1.29, 1.82) is 0 Å². The van der Waals surface area contributed by atoms with E-state index in [0.717, 1.165) is 5.56 Å². The van der Waals surface area contributed by atoms with Crippen LogP contribution in [0.4, 0.5) is 0 Å². The maximum atomic E-state index is 4.02. The van der Waals surface area contributed by atoms with Crippen molar-refractivity contribution in [3.8, 4) is 11.1 Å². The summed E-state index contributed by atoms with van der Waals surface area (Å²) >= 11 is 0. The average molecular weight is 224 g/mol. The van der Waals surface area contributed by atoms with Crippen molar-refractivity contribution in [3.63, 3.8) is 0 Å². The Balaban J connectivity index is 2.03. The molecule has 2 rings (SSSR count). The number of rotatable bonds is 5. The van der Waals surface area contributed by atoms with E-state index in [2.05, 4.69) is 42.4 Å². The molecule has 0 aliphatic heterocycles. The van der Waals surface area contributed by atoms with Crippen LogP contribution >= 0.6 is 0 Å². The van der Waals surface area contributed by atoms with E-state index in [4.69, 9.17) is 0 Å². The van der Waals surface area contributed by atoms with Crippen molar-refractivity contribution in [2.24, 2.45) is 0 Å². The van der Waals surface area contributed by atoms with Crippen LogP contribution in [-0.4, -0.2) is 4.98 Å². The van der Waals surface area contributed by atoms with E-state index in [9.17, 15) is 0 Å². The van der Waals surface area contributed by atoms with Gasteiger partial charge in [0, 0.05) is 11.8 Å². The second-order valence-corrected chi connectivity index (χ2v) is 4.33. The lowest BCUT2D eigenvalue weighted by Gasteiger charge is -2.03. The van der Waals surface area contributed by atoms with E-state index in [0.29, 0.717) is 0 Å². The molecule has 1 radical (unpaired) electrons. The summed E-state index contributed by atoms with van der Waals surface area (Å²) in [4.78, 5) is 4.02. The van der Waals surface area contributed by atoms with Crippen molar-refractivity contribution in [2.75, 3.05) is 0 Å². The van der Waals surface area contributed by atoms with Crippen molar-refractivity contribution in [2.45, 2.75) is 32.6 Å². The third kappa shape index (κ3) is 3.42. The predicted molar refractivity (Wildman–Crippen MR) is 71.7 cm³/mol. The number of nitrogens with zero attached hydrogens (tertiary/aromatic N) is 1. The van der Waals surface area contributed by atoms with Gasteiger partial charge in [0.05, 0.1) is 6.20 Å². The van der Waals surface area contributed by atoms with Crippen LogP contribution in [0.5, 0.6) is 0 Å². The largest absolute Gasteiger partial charge is 0.254 e. The van der Waals surface area contributed by atoms with Gasteiger partial charge in [0.1, 0.15) is 0 Å². The van der Waals surface area contributed by atoms with E-state index in [-0.39, 0.29) is 0 Å². The monoisotopic (exact) mass is 224 g/mol. The lowest BCUT2D eigenvalue weighted by atomic mass is 10.0. The molecule has 17 heavy (non-hydrogen) atoms. The first-order valence-electron chi connectivity index (χ1n) is 6.31. The van der Waals surface area contributed by atoms with Crippen molar-refractivity contribution >= 4 is 0 Å². The number of hydrogen-bond acceptors (Lipinski definition) is 1. The van der Waals surface area contributed by atoms with Crippen molar-refractivity contribution in [3.05, 3.63) is 54.4 Å². The number of benzene rings is 1. The number of aromatic nitrogens is 1. The molecule has 1 aromatic heterocycles. The lowest BCUT2D eigenvalue weighted by Crippen LogP contribution is -1.86. The molecule has 1 heterocycles. The summed E-state index contributed by atoms with van der Waals surface area (Å²) in [6.07, 6.45) is 9.73. The molecular formula is C16H18N. The predicted octanol–water partition coefficient (Wildman–Crippen LogP) is 4.28. The molecule has 0 saturated heterocycles. The normalized spacial score (nSPS) is 10.4. The zero-order valence-corrected chi connectivity index (χ0v) is 10.3. The molecular weight excluding hydrogens is 206 g/mol. The molecule has 0 spiro atoms. The van der Waals surface area contributed by atoms with E-state index in [1.807, 2.05) is 18.3 Å². The number of pyridine rings is 1. The molecule has 0 aliphatic carbocycles. The summed E-state index contributed by atoms with van der Waals surface area (Å²) in [5, 5.41) is 0. The molecule has 0 N–H and O–H groups in total. The SMILES string of the molecule is CCCCCc1ccc(-c2cc[c]nc2)cc1. The van der Waals surface area contributed by atoms with Gasteiger partial charge in [-0.15, -0.1) is 0 Å². The van der Waals surface area contributed by atoms with Crippen molar-refractivity contribution in [1.82, 2.24) is 4.98 Å². The van der Waals surface area contributed by atoms with Crippen LogP contribution in [0.15, 0.2) is 42.6 Å². The Kier molecular flexibility index (Phi) is 4.31. The highest BCUT2D eigenvalue weighted by Gasteiger charge is 1.97. The summed E-state index contributed by atoms with van der Waals surface area (Å²) < 4.78 is 0. The summed E-state index contributed by atoms with van der Waals surface area (Å²) in [6.45, 7) is 2.24. The van der Waals surface area contributed by atoms with Gasteiger partial charge >= 0.3 is 0 Å². The van der Waals surface area contributed by atoms with E-state index in [1.165, 1.54) is 36.8 Å². The quantitative estimate of drug-likeness (QED) is 0.691. The van der Waals surface area contributed by atoms with Gasteiger partial charge in [-0.1, -0.05) is 50.1 Å². The molecule has 0 amide bonds. The van der Waals surface area contributed by atoms with Crippen molar-refractivity contribution < 1.29 is 0 Å². The minimum Gasteiger partial charge on any atom is -0.254 e. The minimum absolute atomic E-state index is 1.16. The fourth-order valence-corrected chi connectivity index (χ4v) is 1.93. The molecule has 1 aromatic carbocycles. The van der Waals surface area contributed by atoms with Crippen LogP contribution in [0.1, 0.15) is 31.7 Å². The Hall–Kier alpha value is -1.63. The second-order valence-electron chi connectivity index (χ2n) is 4.33. The van der Waals surface area contributed by atoms with Gasteiger partial charge in [-0.05, 0) is 30.0 Å². The van der Waals surface area contributed by atoms with Gasteiger partial charge in [-0.2, -0.15) is 0 Å². The molecule has 0 saturated carbocycles. The summed E-state index contributed by atoms with van der Waals surface area (Å²) in [5.41, 5.74) is 3.81. The Morgan fingerprint density at radius 1 is 1.00 bits per heavy atom. The number of hydrogen-bond donors (Lipinski definition) is 0. The summed E-state index contributed by atoms with van der Waals surface area (Å²) in [7, 11) is 0. The Morgan fingerprint density at radius 3 is 2.47 bits per heavy atom. The van der Waals surface area contributed by atoms with E-state index < -0.39 is 0 Å². The summed E-state index contributed by atoms with van der Waals surface area (Å²) in [6, 6.07) is 12.7. The molecule has 87 valence electrons. The first-order chi connectivity index (χ1) is 8.40. The van der Waals surface area contributed by atoms with Crippen LogP contribution < -0.4 is 0 Å². The maximum absolute atomic E-state index is 4.02. The first-order valence-corrected chi connectivity index (χ1v) is 6.31. The maximum Gasteiger partial charge on any atom is 0.0886 e. The van der Waals surface area contributed by atoms with Gasteiger partial charge < -0.3 is 0 Å². The topological polar surface area (TPSA) is 12.9 Å². The van der Waals surface area contributed by atoms with Crippen LogP contribution in [0.25, 0.3) is 11.1 Å². The third-order valence-corrected chi connectivity index (χ3v) is 2.97. The highest BCUT2D eigenvalue weighted by Crippen LogP contribution is 2.19. The van der Waals surface area contributed by atoms with E-state index in [1.54, 1.807) is 0 Å². The molecule has 0 aliphatic rings. The average Bonchev–Trinajstić information content (AvgIpc) is 2.41. The highest BCUT2D eigenvalue weighted by molar-refractivity contribution is 5.62. The molecule has 0 atom stereocenters. The van der Waals surface area contributed by atoms with Gasteiger partial charge in [-0.3, -0.25) is 4.98 Å². The van der Waals surface area contributed by atoms with Crippen LogP contribution in [0.2, 0.25) is 0 Å². The third-order valence-electron chi connectivity index (χ3n) is 2.97. The fourth-order valence-electron chi connectivity index (χ4n) is 1.93. The Bertz CT molecular complexity index is 431. The van der Waals surface area contributed by atoms with Gasteiger partial charge in [0.25, 0.3) is 0 Å². The zero-order chi connectivity index (χ0) is 11.9. The zero-order valence-electron chi connectivity index (χ0n) is 10.3. The number of unbranched alkanes of at least 4 members (excludes halogenated alkanes) is 2. The molecule has 0 unspecified atom stereocenters. The molecule has 2 aromatic rings. The van der Waals surface area contributed by atoms with Crippen LogP contribution in [-0.2, 0) is 6.42 Å². The molecule has 0 bridgehead atoms. The van der Waals surface area contributed by atoms with Crippen LogP contribution in [0.3, 0.4) is 0 Å². The molecule has 0 fully saturated rings. The minimum atomic E-state index is 1.16. The standard InChI is InChI=1S/C16H18N/c1-2-3-4-6-14-8-10-15(11-9-14)16-7-5-12-17-13-16/h5,7-11,13H,2-4,6H2,1H3. The Labute approximate surface area is 104 Å². The lowest BCUT2D eigenvalue weighted by molar-refractivity contribution is 0.717. The highest BCUT2D eigenvalue weighted by atomic mass is 14.6.